The quantitative estimate of drug-likeness (QED) is 0.342. The van der Waals surface area contributed by atoms with Crippen LogP contribution in [0.5, 0.6) is 5.75 Å². The fourth-order valence-corrected chi connectivity index (χ4v) is 3.89. The van der Waals surface area contributed by atoms with Crippen LogP contribution in [0.25, 0.3) is 11.3 Å². The van der Waals surface area contributed by atoms with Crippen LogP contribution in [0.15, 0.2) is 97.3 Å². The molecule has 0 N–H and O–H groups in total. The van der Waals surface area contributed by atoms with Crippen LogP contribution in [-0.4, -0.2) is 9.97 Å². The minimum atomic E-state index is -0.109. The molecule has 0 aliphatic heterocycles. The number of hydrogen-bond donors (Lipinski definition) is 0. The zero-order valence-electron chi connectivity index (χ0n) is 18.3. The maximum atomic E-state index is 5.92. The van der Waals surface area contributed by atoms with Crippen molar-refractivity contribution in [3.8, 4) is 17.0 Å². The predicted molar refractivity (Wildman–Crippen MR) is 126 cm³/mol. The second-order valence-corrected chi connectivity index (χ2v) is 8.28. The van der Waals surface area contributed by atoms with Crippen molar-refractivity contribution < 1.29 is 4.74 Å². The van der Waals surface area contributed by atoms with Gasteiger partial charge in [-0.15, -0.1) is 0 Å². The van der Waals surface area contributed by atoms with Crippen molar-refractivity contribution in [1.29, 1.82) is 0 Å². The molecule has 0 fully saturated rings. The van der Waals surface area contributed by atoms with E-state index in [1.165, 1.54) is 11.1 Å². The molecular weight excluding hydrogens is 380 g/mol. The Morgan fingerprint density at radius 1 is 0.742 bits per heavy atom. The smallest absolute Gasteiger partial charge is 0.130 e. The highest BCUT2D eigenvalue weighted by Crippen LogP contribution is 2.40. The molecule has 0 bridgehead atoms. The van der Waals surface area contributed by atoms with Crippen molar-refractivity contribution in [2.24, 2.45) is 5.92 Å². The lowest BCUT2D eigenvalue weighted by atomic mass is 9.68. The minimum absolute atomic E-state index is 0.109. The summed E-state index contributed by atoms with van der Waals surface area (Å²) in [5.74, 6) is 1.28. The molecule has 0 saturated carbocycles. The molecule has 2 aromatic heterocycles. The number of rotatable bonds is 7. The van der Waals surface area contributed by atoms with Crippen LogP contribution in [0, 0.1) is 5.92 Å². The molecule has 0 aliphatic carbocycles. The first kappa shape index (κ1) is 20.8. The molecule has 2 aromatic carbocycles. The summed E-state index contributed by atoms with van der Waals surface area (Å²) in [6.45, 7) is 7.34. The summed E-state index contributed by atoms with van der Waals surface area (Å²) in [5.41, 5.74) is 5.51. The summed E-state index contributed by atoms with van der Waals surface area (Å²) in [7, 11) is 0. The lowest BCUT2D eigenvalue weighted by molar-refractivity contribution is 0.301. The highest BCUT2D eigenvalue weighted by molar-refractivity contribution is 5.60. The van der Waals surface area contributed by atoms with Crippen LogP contribution < -0.4 is 4.74 Å². The Hall–Kier alpha value is -3.46. The van der Waals surface area contributed by atoms with E-state index in [0.29, 0.717) is 12.5 Å². The van der Waals surface area contributed by atoms with Crippen molar-refractivity contribution >= 4 is 0 Å². The molecule has 1 unspecified atom stereocenters. The van der Waals surface area contributed by atoms with E-state index in [1.807, 2.05) is 42.6 Å². The van der Waals surface area contributed by atoms with Gasteiger partial charge >= 0.3 is 0 Å². The Labute approximate surface area is 184 Å². The topological polar surface area (TPSA) is 35.0 Å². The highest BCUT2D eigenvalue weighted by atomic mass is 16.5. The summed E-state index contributed by atoms with van der Waals surface area (Å²) >= 11 is 0. The molecule has 0 saturated heterocycles. The second kappa shape index (κ2) is 9.13. The molecule has 2 heterocycles. The predicted octanol–water partition coefficient (Wildman–Crippen LogP) is 6.68. The third-order valence-corrected chi connectivity index (χ3v) is 6.17. The van der Waals surface area contributed by atoms with Gasteiger partial charge in [0.2, 0.25) is 0 Å². The summed E-state index contributed by atoms with van der Waals surface area (Å²) in [6, 6.07) is 29.1. The standard InChI is InChI=1S/C28H28N2O/c1-21(2)28(3,23-12-10-22(11-13-23)27-9-5-7-19-30-27)24-14-16-26(17-15-24)31-20-25-8-4-6-18-29-25/h4-19,21H,20H2,1-3H3. The van der Waals surface area contributed by atoms with Gasteiger partial charge in [-0.3, -0.25) is 9.97 Å². The molecule has 3 heteroatoms. The fourth-order valence-electron chi connectivity index (χ4n) is 3.89. The molecule has 0 radical (unpaired) electrons. The van der Waals surface area contributed by atoms with E-state index in [2.05, 4.69) is 79.3 Å². The molecule has 4 aromatic rings. The Morgan fingerprint density at radius 2 is 1.35 bits per heavy atom. The molecule has 3 nitrogen and oxygen atoms in total. The number of ether oxygens (including phenoxy) is 1. The van der Waals surface area contributed by atoms with E-state index < -0.39 is 0 Å². The third kappa shape index (κ3) is 4.51. The first-order chi connectivity index (χ1) is 15.1. The molecule has 31 heavy (non-hydrogen) atoms. The Balaban J connectivity index is 1.56. The minimum Gasteiger partial charge on any atom is -0.487 e. The van der Waals surface area contributed by atoms with Crippen molar-refractivity contribution in [1.82, 2.24) is 9.97 Å². The molecule has 0 spiro atoms. The van der Waals surface area contributed by atoms with Gasteiger partial charge in [0, 0.05) is 23.4 Å². The van der Waals surface area contributed by atoms with Crippen LogP contribution in [0.4, 0.5) is 0 Å². The zero-order valence-corrected chi connectivity index (χ0v) is 18.3. The third-order valence-electron chi connectivity index (χ3n) is 6.17. The molecular formula is C28H28N2O. The van der Waals surface area contributed by atoms with Gasteiger partial charge in [-0.25, -0.2) is 0 Å². The van der Waals surface area contributed by atoms with Crippen LogP contribution >= 0.6 is 0 Å². The van der Waals surface area contributed by atoms with Gasteiger partial charge in [-0.2, -0.15) is 0 Å². The maximum absolute atomic E-state index is 5.92. The van der Waals surface area contributed by atoms with Gasteiger partial charge in [-0.1, -0.05) is 69.3 Å². The lowest BCUT2D eigenvalue weighted by Crippen LogP contribution is -2.30. The number of nitrogens with zero attached hydrogens (tertiary/aromatic N) is 2. The second-order valence-electron chi connectivity index (χ2n) is 8.28. The van der Waals surface area contributed by atoms with Crippen LogP contribution in [0.1, 0.15) is 37.6 Å². The van der Waals surface area contributed by atoms with Gasteiger partial charge in [0.15, 0.2) is 0 Å². The molecule has 156 valence electrons. The Bertz CT molecular complexity index is 1090. The van der Waals surface area contributed by atoms with Gasteiger partial charge in [-0.05, 0) is 53.4 Å². The average molecular weight is 409 g/mol. The Morgan fingerprint density at radius 3 is 1.90 bits per heavy atom. The van der Waals surface area contributed by atoms with Gasteiger partial charge in [0.25, 0.3) is 0 Å². The van der Waals surface area contributed by atoms with Gasteiger partial charge in [0.05, 0.1) is 11.4 Å². The summed E-state index contributed by atoms with van der Waals surface area (Å²) in [4.78, 5) is 8.78. The Kier molecular flexibility index (Phi) is 6.13. The normalized spacial score (nSPS) is 13.0. The van der Waals surface area contributed by atoms with E-state index in [4.69, 9.17) is 4.74 Å². The molecule has 0 amide bonds. The molecule has 1 atom stereocenters. The first-order valence-electron chi connectivity index (χ1n) is 10.7. The first-order valence-corrected chi connectivity index (χ1v) is 10.7. The van der Waals surface area contributed by atoms with Crippen molar-refractivity contribution in [2.75, 3.05) is 0 Å². The largest absolute Gasteiger partial charge is 0.487 e. The maximum Gasteiger partial charge on any atom is 0.130 e. The van der Waals surface area contributed by atoms with Gasteiger partial charge < -0.3 is 4.74 Å². The van der Waals surface area contributed by atoms with E-state index in [9.17, 15) is 0 Å². The van der Waals surface area contributed by atoms with Crippen LogP contribution in [0.3, 0.4) is 0 Å². The summed E-state index contributed by atoms with van der Waals surface area (Å²) in [6.07, 6.45) is 3.62. The number of hydrogen-bond acceptors (Lipinski definition) is 3. The van der Waals surface area contributed by atoms with Crippen molar-refractivity contribution in [3.05, 3.63) is 114 Å². The lowest BCUT2D eigenvalue weighted by Gasteiger charge is -2.35. The van der Waals surface area contributed by atoms with E-state index in [1.54, 1.807) is 6.20 Å². The van der Waals surface area contributed by atoms with E-state index in [0.717, 1.165) is 22.7 Å². The van der Waals surface area contributed by atoms with Crippen LogP contribution in [-0.2, 0) is 12.0 Å². The summed E-state index contributed by atoms with van der Waals surface area (Å²) in [5, 5.41) is 0. The van der Waals surface area contributed by atoms with Crippen LogP contribution in [0.2, 0.25) is 0 Å². The molecule has 4 rings (SSSR count). The number of benzene rings is 2. The number of aromatic nitrogens is 2. The fraction of sp³-hybridized carbons (Fsp3) is 0.214. The highest BCUT2D eigenvalue weighted by Gasteiger charge is 2.32. The van der Waals surface area contributed by atoms with E-state index in [-0.39, 0.29) is 5.41 Å². The average Bonchev–Trinajstić information content (AvgIpc) is 2.84. The summed E-state index contributed by atoms with van der Waals surface area (Å²) < 4.78 is 5.92. The van der Waals surface area contributed by atoms with Crippen molar-refractivity contribution in [3.63, 3.8) is 0 Å². The van der Waals surface area contributed by atoms with Gasteiger partial charge in [0.1, 0.15) is 12.4 Å². The zero-order chi connectivity index (χ0) is 21.7. The molecule has 0 aliphatic rings. The SMILES string of the molecule is CC(C)C(C)(c1ccc(OCc2ccccn2)cc1)c1ccc(-c2ccccn2)cc1. The van der Waals surface area contributed by atoms with Crippen molar-refractivity contribution in [2.45, 2.75) is 32.8 Å². The number of pyridine rings is 2. The monoisotopic (exact) mass is 408 g/mol. The van der Waals surface area contributed by atoms with E-state index >= 15 is 0 Å².